The second-order valence-electron chi connectivity index (χ2n) is 5.43. The standard InChI is InChI=1S/C18H19N3O5S/c1-3-9-26-14-6-4-5-12(10-14)17(22)20-18(27)19-15-8-7-13(21(23)24)11-16(15)25-2/h4-8,10-11H,3,9H2,1-2H3,(H2,19,20,22,27). The second-order valence-corrected chi connectivity index (χ2v) is 5.83. The minimum atomic E-state index is -0.528. The number of ether oxygens (including phenoxy) is 2. The number of nitrogens with zero attached hydrogens (tertiary/aromatic N) is 1. The van der Waals surface area contributed by atoms with Crippen LogP contribution in [0.4, 0.5) is 11.4 Å². The molecule has 0 aromatic heterocycles. The summed E-state index contributed by atoms with van der Waals surface area (Å²) in [7, 11) is 1.38. The van der Waals surface area contributed by atoms with Crippen molar-refractivity contribution < 1.29 is 19.2 Å². The molecule has 0 radical (unpaired) electrons. The van der Waals surface area contributed by atoms with Crippen LogP contribution in [0.25, 0.3) is 0 Å². The summed E-state index contributed by atoms with van der Waals surface area (Å²) in [6.07, 6.45) is 0.863. The summed E-state index contributed by atoms with van der Waals surface area (Å²) >= 11 is 5.14. The van der Waals surface area contributed by atoms with E-state index in [0.717, 1.165) is 6.42 Å². The highest BCUT2D eigenvalue weighted by atomic mass is 32.1. The van der Waals surface area contributed by atoms with E-state index in [-0.39, 0.29) is 16.5 Å². The van der Waals surface area contributed by atoms with E-state index < -0.39 is 10.8 Å². The van der Waals surface area contributed by atoms with Crippen LogP contribution >= 0.6 is 12.2 Å². The predicted octanol–water partition coefficient (Wildman–Crippen LogP) is 3.52. The molecule has 2 aromatic rings. The summed E-state index contributed by atoms with van der Waals surface area (Å²) in [5.74, 6) is 0.423. The average molecular weight is 389 g/mol. The number of anilines is 1. The van der Waals surface area contributed by atoms with Gasteiger partial charge in [-0.2, -0.15) is 0 Å². The van der Waals surface area contributed by atoms with Gasteiger partial charge in [-0.15, -0.1) is 0 Å². The number of hydrogen-bond donors (Lipinski definition) is 2. The molecule has 0 bridgehead atoms. The summed E-state index contributed by atoms with van der Waals surface area (Å²) < 4.78 is 10.6. The molecule has 0 saturated heterocycles. The molecule has 9 heteroatoms. The van der Waals surface area contributed by atoms with Crippen LogP contribution in [0, 0.1) is 10.1 Å². The first kappa shape index (κ1) is 20.1. The fourth-order valence-corrected chi connectivity index (χ4v) is 2.38. The van der Waals surface area contributed by atoms with Gasteiger partial charge in [0.15, 0.2) is 5.11 Å². The van der Waals surface area contributed by atoms with Crippen molar-refractivity contribution in [3.8, 4) is 11.5 Å². The van der Waals surface area contributed by atoms with Crippen LogP contribution in [-0.4, -0.2) is 29.7 Å². The van der Waals surface area contributed by atoms with Gasteiger partial charge in [-0.25, -0.2) is 0 Å². The zero-order valence-corrected chi connectivity index (χ0v) is 15.7. The molecule has 0 unspecified atom stereocenters. The van der Waals surface area contributed by atoms with E-state index in [1.54, 1.807) is 24.3 Å². The van der Waals surface area contributed by atoms with E-state index in [1.807, 2.05) is 6.92 Å². The Bertz CT molecular complexity index is 857. The molecule has 0 heterocycles. The summed E-state index contributed by atoms with van der Waals surface area (Å²) in [5, 5.41) is 16.2. The van der Waals surface area contributed by atoms with E-state index >= 15 is 0 Å². The molecule has 0 aliphatic heterocycles. The highest BCUT2D eigenvalue weighted by molar-refractivity contribution is 7.80. The lowest BCUT2D eigenvalue weighted by Gasteiger charge is -2.13. The summed E-state index contributed by atoms with van der Waals surface area (Å²) in [6.45, 7) is 2.55. The van der Waals surface area contributed by atoms with Crippen molar-refractivity contribution in [3.05, 3.63) is 58.1 Å². The van der Waals surface area contributed by atoms with E-state index in [1.165, 1.54) is 25.3 Å². The Morgan fingerprint density at radius 2 is 2.04 bits per heavy atom. The van der Waals surface area contributed by atoms with Crippen molar-refractivity contribution in [1.82, 2.24) is 5.32 Å². The summed E-state index contributed by atoms with van der Waals surface area (Å²) in [4.78, 5) is 22.7. The number of methoxy groups -OCH3 is 1. The Labute approximate surface area is 161 Å². The van der Waals surface area contributed by atoms with Gasteiger partial charge in [0, 0.05) is 11.6 Å². The van der Waals surface area contributed by atoms with Crippen LogP contribution in [-0.2, 0) is 0 Å². The molecular formula is C18H19N3O5S. The number of benzene rings is 2. The topological polar surface area (TPSA) is 103 Å². The van der Waals surface area contributed by atoms with Crippen molar-refractivity contribution in [2.45, 2.75) is 13.3 Å². The number of amides is 1. The molecule has 0 spiro atoms. The third-order valence-electron chi connectivity index (χ3n) is 3.44. The van der Waals surface area contributed by atoms with Crippen molar-refractivity contribution in [2.75, 3.05) is 19.0 Å². The first-order valence-corrected chi connectivity index (χ1v) is 8.53. The largest absolute Gasteiger partial charge is 0.494 e. The number of hydrogen-bond acceptors (Lipinski definition) is 6. The van der Waals surface area contributed by atoms with Crippen molar-refractivity contribution in [1.29, 1.82) is 0 Å². The lowest BCUT2D eigenvalue weighted by atomic mass is 10.2. The number of rotatable bonds is 7. The zero-order valence-electron chi connectivity index (χ0n) is 14.9. The molecule has 2 N–H and O–H groups in total. The van der Waals surface area contributed by atoms with Gasteiger partial charge in [-0.3, -0.25) is 20.2 Å². The fraction of sp³-hybridized carbons (Fsp3) is 0.222. The fourth-order valence-electron chi connectivity index (χ4n) is 2.17. The Morgan fingerprint density at radius 3 is 2.70 bits per heavy atom. The maximum Gasteiger partial charge on any atom is 0.273 e. The van der Waals surface area contributed by atoms with Gasteiger partial charge < -0.3 is 14.8 Å². The van der Waals surface area contributed by atoms with Crippen molar-refractivity contribution in [2.24, 2.45) is 0 Å². The molecule has 0 fully saturated rings. The first-order valence-electron chi connectivity index (χ1n) is 8.12. The molecule has 142 valence electrons. The number of nitro groups is 1. The Balaban J connectivity index is 2.05. The molecule has 0 aliphatic rings. The smallest absolute Gasteiger partial charge is 0.273 e. The van der Waals surface area contributed by atoms with Gasteiger partial charge in [0.25, 0.3) is 11.6 Å². The maximum absolute atomic E-state index is 12.4. The molecule has 2 aromatic carbocycles. The zero-order chi connectivity index (χ0) is 19.8. The number of nitrogens with one attached hydrogen (secondary N) is 2. The maximum atomic E-state index is 12.4. The number of thiocarbonyl (C=S) groups is 1. The normalized spacial score (nSPS) is 10.0. The van der Waals surface area contributed by atoms with Gasteiger partial charge in [0.05, 0.1) is 30.4 Å². The molecule has 0 saturated carbocycles. The van der Waals surface area contributed by atoms with Crippen molar-refractivity contribution >= 4 is 34.6 Å². The second kappa shape index (κ2) is 9.48. The molecule has 0 aliphatic carbocycles. The molecule has 8 nitrogen and oxygen atoms in total. The van der Waals surface area contributed by atoms with Gasteiger partial charge in [0.1, 0.15) is 11.5 Å². The molecule has 27 heavy (non-hydrogen) atoms. The van der Waals surface area contributed by atoms with Crippen LogP contribution in [0.15, 0.2) is 42.5 Å². The Hall–Kier alpha value is -3.20. The van der Waals surface area contributed by atoms with Crippen LogP contribution in [0.2, 0.25) is 0 Å². The average Bonchev–Trinajstić information content (AvgIpc) is 2.66. The lowest BCUT2D eigenvalue weighted by Crippen LogP contribution is -2.34. The Morgan fingerprint density at radius 1 is 1.26 bits per heavy atom. The van der Waals surface area contributed by atoms with Gasteiger partial charge in [0.2, 0.25) is 0 Å². The quantitative estimate of drug-likeness (QED) is 0.424. The van der Waals surface area contributed by atoms with E-state index in [4.69, 9.17) is 21.7 Å². The molecule has 1 amide bonds. The third kappa shape index (κ3) is 5.65. The van der Waals surface area contributed by atoms with Crippen molar-refractivity contribution in [3.63, 3.8) is 0 Å². The lowest BCUT2D eigenvalue weighted by molar-refractivity contribution is -0.384. The molecular weight excluding hydrogens is 370 g/mol. The van der Waals surface area contributed by atoms with E-state index in [2.05, 4.69) is 10.6 Å². The number of nitro benzene ring substituents is 1. The van der Waals surface area contributed by atoms with E-state index in [9.17, 15) is 14.9 Å². The Kier molecular flexibility index (Phi) is 7.07. The number of carbonyl (C=O) groups is 1. The minimum absolute atomic E-state index is 0.0343. The minimum Gasteiger partial charge on any atom is -0.494 e. The summed E-state index contributed by atoms with van der Waals surface area (Å²) in [5.41, 5.74) is 0.674. The highest BCUT2D eigenvalue weighted by Gasteiger charge is 2.14. The SMILES string of the molecule is CCCOc1cccc(C(=O)NC(=S)Nc2ccc([N+](=O)[O-])cc2OC)c1. The summed E-state index contributed by atoms with van der Waals surface area (Å²) in [6, 6.07) is 10.8. The van der Waals surface area contributed by atoms with E-state index in [0.29, 0.717) is 23.6 Å². The van der Waals surface area contributed by atoms with Crippen LogP contribution in [0.1, 0.15) is 23.7 Å². The van der Waals surface area contributed by atoms with Gasteiger partial charge in [-0.1, -0.05) is 13.0 Å². The van der Waals surface area contributed by atoms with Crippen LogP contribution in [0.3, 0.4) is 0 Å². The molecule has 2 rings (SSSR count). The van der Waals surface area contributed by atoms with Crippen LogP contribution in [0.5, 0.6) is 11.5 Å². The van der Waals surface area contributed by atoms with Gasteiger partial charge in [-0.05, 0) is 42.9 Å². The molecule has 0 atom stereocenters. The predicted molar refractivity (Wildman–Crippen MR) is 106 cm³/mol. The van der Waals surface area contributed by atoms with Gasteiger partial charge >= 0.3 is 0 Å². The number of carbonyl (C=O) groups excluding carboxylic acids is 1. The highest BCUT2D eigenvalue weighted by Crippen LogP contribution is 2.28. The first-order chi connectivity index (χ1) is 12.9. The van der Waals surface area contributed by atoms with Crippen LogP contribution < -0.4 is 20.1 Å². The third-order valence-corrected chi connectivity index (χ3v) is 3.64. The monoisotopic (exact) mass is 389 g/mol. The number of non-ortho nitro benzene ring substituents is 1.